The molecule has 2 bridgehead atoms. The Kier molecular flexibility index (Phi) is 2.15. The average Bonchev–Trinajstić information content (AvgIpc) is 2.91. The molecular weight excluding hydrogens is 188 g/mol. The number of hydrogen-bond donors (Lipinski definition) is 1. The topological polar surface area (TPSA) is 38.5 Å². The van der Waals surface area contributed by atoms with Crippen molar-refractivity contribution < 1.29 is 4.74 Å². The summed E-state index contributed by atoms with van der Waals surface area (Å²) >= 11 is 0. The average molecular weight is 204 g/mol. The van der Waals surface area contributed by atoms with E-state index in [0.717, 1.165) is 13.2 Å². The Balaban J connectivity index is 1.86. The van der Waals surface area contributed by atoms with Crippen LogP contribution in [0.4, 0.5) is 5.69 Å². The van der Waals surface area contributed by atoms with E-state index in [4.69, 9.17) is 10.5 Å². The van der Waals surface area contributed by atoms with Gasteiger partial charge in [0.25, 0.3) is 0 Å². The van der Waals surface area contributed by atoms with Gasteiger partial charge in [0.2, 0.25) is 0 Å². The third kappa shape index (κ3) is 1.52. The van der Waals surface area contributed by atoms with E-state index < -0.39 is 0 Å². The van der Waals surface area contributed by atoms with Gasteiger partial charge in [0.1, 0.15) is 0 Å². The molecule has 2 aliphatic rings. The van der Waals surface area contributed by atoms with E-state index >= 15 is 0 Å². The van der Waals surface area contributed by atoms with Crippen molar-refractivity contribution in [2.75, 3.05) is 18.1 Å². The zero-order valence-corrected chi connectivity index (χ0v) is 8.73. The standard InChI is InChI=1S/C12H16N2O/c13-6-9-2-1-3-10(4-9)14-7-12-5-11(14)8-15-12/h1-4,11-12H,5-8,13H2. The van der Waals surface area contributed by atoms with Crippen LogP contribution in [0.15, 0.2) is 24.3 Å². The summed E-state index contributed by atoms with van der Waals surface area (Å²) in [6.45, 7) is 2.54. The Bertz CT molecular complexity index is 366. The zero-order valence-electron chi connectivity index (χ0n) is 8.73. The monoisotopic (exact) mass is 204 g/mol. The molecule has 2 saturated heterocycles. The Morgan fingerprint density at radius 3 is 3.07 bits per heavy atom. The zero-order chi connectivity index (χ0) is 10.3. The summed E-state index contributed by atoms with van der Waals surface area (Å²) in [4.78, 5) is 2.45. The summed E-state index contributed by atoms with van der Waals surface area (Å²) in [6.07, 6.45) is 1.64. The molecule has 2 atom stereocenters. The maximum absolute atomic E-state index is 5.65. The lowest BCUT2D eigenvalue weighted by molar-refractivity contribution is 0.0991. The van der Waals surface area contributed by atoms with E-state index in [1.54, 1.807) is 0 Å². The third-order valence-electron chi connectivity index (χ3n) is 3.38. The lowest BCUT2D eigenvalue weighted by Gasteiger charge is -2.29. The molecule has 0 aliphatic carbocycles. The lowest BCUT2D eigenvalue weighted by Crippen LogP contribution is -2.36. The van der Waals surface area contributed by atoms with Crippen molar-refractivity contribution in [2.24, 2.45) is 5.73 Å². The number of morpholine rings is 1. The van der Waals surface area contributed by atoms with Crippen LogP contribution in [-0.4, -0.2) is 25.3 Å². The molecular formula is C12H16N2O. The maximum Gasteiger partial charge on any atom is 0.0771 e. The van der Waals surface area contributed by atoms with Crippen LogP contribution in [0.3, 0.4) is 0 Å². The molecule has 3 nitrogen and oxygen atoms in total. The molecule has 2 N–H and O–H groups in total. The minimum Gasteiger partial charge on any atom is -0.374 e. The van der Waals surface area contributed by atoms with Gasteiger partial charge in [0, 0.05) is 18.8 Å². The van der Waals surface area contributed by atoms with Crippen molar-refractivity contribution in [1.82, 2.24) is 0 Å². The number of nitrogens with zero attached hydrogens (tertiary/aromatic N) is 1. The van der Waals surface area contributed by atoms with Gasteiger partial charge in [0.05, 0.1) is 18.8 Å². The van der Waals surface area contributed by atoms with Crippen LogP contribution in [0.25, 0.3) is 0 Å². The SMILES string of the molecule is NCc1cccc(N2CC3CC2CO3)c1. The van der Waals surface area contributed by atoms with Crippen molar-refractivity contribution in [1.29, 1.82) is 0 Å². The molecule has 2 unspecified atom stereocenters. The van der Waals surface area contributed by atoms with Crippen molar-refractivity contribution in [3.05, 3.63) is 29.8 Å². The molecule has 0 saturated carbocycles. The molecule has 0 amide bonds. The molecule has 1 aromatic carbocycles. The summed E-state index contributed by atoms with van der Waals surface area (Å²) < 4.78 is 5.59. The highest BCUT2D eigenvalue weighted by molar-refractivity contribution is 5.51. The smallest absolute Gasteiger partial charge is 0.0771 e. The fourth-order valence-corrected chi connectivity index (χ4v) is 2.58. The fourth-order valence-electron chi connectivity index (χ4n) is 2.58. The molecule has 0 aromatic heterocycles. The second-order valence-electron chi connectivity index (χ2n) is 4.37. The number of anilines is 1. The predicted octanol–water partition coefficient (Wildman–Crippen LogP) is 1.12. The summed E-state index contributed by atoms with van der Waals surface area (Å²) in [5.41, 5.74) is 8.15. The number of rotatable bonds is 2. The van der Waals surface area contributed by atoms with Gasteiger partial charge in [0.15, 0.2) is 0 Å². The van der Waals surface area contributed by atoms with Crippen LogP contribution < -0.4 is 10.6 Å². The normalized spacial score (nSPS) is 28.7. The first-order chi connectivity index (χ1) is 7.36. The van der Waals surface area contributed by atoms with Crippen molar-refractivity contribution >= 4 is 5.69 Å². The van der Waals surface area contributed by atoms with Crippen LogP contribution in [0.5, 0.6) is 0 Å². The van der Waals surface area contributed by atoms with Crippen molar-refractivity contribution in [2.45, 2.75) is 25.1 Å². The quantitative estimate of drug-likeness (QED) is 0.784. The number of fused-ring (bicyclic) bond motifs is 2. The predicted molar refractivity (Wildman–Crippen MR) is 59.8 cm³/mol. The number of ether oxygens (including phenoxy) is 1. The minimum atomic E-state index is 0.455. The second kappa shape index (κ2) is 3.51. The van der Waals surface area contributed by atoms with Crippen LogP contribution in [0, 0.1) is 0 Å². The van der Waals surface area contributed by atoms with E-state index in [1.807, 2.05) is 0 Å². The van der Waals surface area contributed by atoms with Gasteiger partial charge in [-0.3, -0.25) is 0 Å². The Morgan fingerprint density at radius 1 is 1.47 bits per heavy atom. The van der Waals surface area contributed by atoms with Gasteiger partial charge in [-0.25, -0.2) is 0 Å². The van der Waals surface area contributed by atoms with Gasteiger partial charge in [-0.15, -0.1) is 0 Å². The molecule has 1 aromatic rings. The summed E-state index contributed by atoms with van der Waals surface area (Å²) in [5, 5.41) is 0. The van der Waals surface area contributed by atoms with Crippen LogP contribution in [0.1, 0.15) is 12.0 Å². The molecule has 3 heteroatoms. The molecule has 15 heavy (non-hydrogen) atoms. The van der Waals surface area contributed by atoms with Gasteiger partial charge < -0.3 is 15.4 Å². The first kappa shape index (κ1) is 9.19. The van der Waals surface area contributed by atoms with E-state index in [2.05, 4.69) is 29.2 Å². The molecule has 2 fully saturated rings. The number of benzene rings is 1. The number of hydrogen-bond acceptors (Lipinski definition) is 3. The molecule has 3 rings (SSSR count). The Morgan fingerprint density at radius 2 is 2.40 bits per heavy atom. The second-order valence-corrected chi connectivity index (χ2v) is 4.37. The van der Waals surface area contributed by atoms with Crippen LogP contribution >= 0.6 is 0 Å². The Labute approximate surface area is 89.8 Å². The minimum absolute atomic E-state index is 0.455. The lowest BCUT2D eigenvalue weighted by atomic mass is 10.1. The van der Waals surface area contributed by atoms with Gasteiger partial charge in [-0.1, -0.05) is 12.1 Å². The Hall–Kier alpha value is -1.06. The first-order valence-corrected chi connectivity index (χ1v) is 5.54. The molecule has 2 heterocycles. The summed E-state index contributed by atoms with van der Waals surface area (Å²) in [5.74, 6) is 0. The first-order valence-electron chi connectivity index (χ1n) is 5.54. The van der Waals surface area contributed by atoms with E-state index in [0.29, 0.717) is 18.7 Å². The highest BCUT2D eigenvalue weighted by Gasteiger charge is 2.38. The van der Waals surface area contributed by atoms with Crippen LogP contribution in [0.2, 0.25) is 0 Å². The largest absolute Gasteiger partial charge is 0.374 e. The third-order valence-corrected chi connectivity index (χ3v) is 3.38. The highest BCUT2D eigenvalue weighted by atomic mass is 16.5. The van der Waals surface area contributed by atoms with E-state index in [9.17, 15) is 0 Å². The molecule has 80 valence electrons. The van der Waals surface area contributed by atoms with Crippen molar-refractivity contribution in [3.63, 3.8) is 0 Å². The van der Waals surface area contributed by atoms with E-state index in [1.165, 1.54) is 17.7 Å². The van der Waals surface area contributed by atoms with Gasteiger partial charge >= 0.3 is 0 Å². The maximum atomic E-state index is 5.65. The molecule has 2 aliphatic heterocycles. The van der Waals surface area contributed by atoms with Crippen molar-refractivity contribution in [3.8, 4) is 0 Å². The fraction of sp³-hybridized carbons (Fsp3) is 0.500. The summed E-state index contributed by atoms with van der Waals surface area (Å²) in [6, 6.07) is 9.11. The molecule has 0 radical (unpaired) electrons. The number of nitrogens with two attached hydrogens (primary N) is 1. The molecule has 0 spiro atoms. The van der Waals surface area contributed by atoms with Gasteiger partial charge in [-0.2, -0.15) is 0 Å². The summed E-state index contributed by atoms with van der Waals surface area (Å²) in [7, 11) is 0. The van der Waals surface area contributed by atoms with Crippen LogP contribution in [-0.2, 0) is 11.3 Å². The van der Waals surface area contributed by atoms with Gasteiger partial charge in [-0.05, 0) is 24.1 Å². The van der Waals surface area contributed by atoms with E-state index in [-0.39, 0.29) is 0 Å². The highest BCUT2D eigenvalue weighted by Crippen LogP contribution is 2.32.